The second-order valence-electron chi connectivity index (χ2n) is 4.31. The average molecular weight is 166 g/mol. The first-order valence-corrected chi connectivity index (χ1v) is 4.54. The number of hydrogen-bond donors (Lipinski definition) is 1. The Hall–Kier alpha value is -0.560. The molecule has 12 heavy (non-hydrogen) atoms. The minimum absolute atomic E-state index is 0.258. The maximum absolute atomic E-state index is 9.93. The van der Waals surface area contributed by atoms with E-state index >= 15 is 0 Å². The van der Waals surface area contributed by atoms with Crippen LogP contribution in [-0.4, -0.2) is 10.7 Å². The maximum atomic E-state index is 9.93. The molecule has 0 aromatic heterocycles. The van der Waals surface area contributed by atoms with E-state index in [0.717, 1.165) is 12.8 Å². The third kappa shape index (κ3) is 2.21. The van der Waals surface area contributed by atoms with Gasteiger partial charge in [-0.3, -0.25) is 0 Å². The third-order valence-electron chi connectivity index (χ3n) is 2.45. The summed E-state index contributed by atoms with van der Waals surface area (Å²) in [5.74, 6) is 0. The first kappa shape index (κ1) is 9.53. The molecule has 68 valence electrons. The fourth-order valence-corrected chi connectivity index (χ4v) is 1.49. The number of aliphatic hydroxyl groups is 1. The summed E-state index contributed by atoms with van der Waals surface area (Å²) < 4.78 is 0. The molecule has 1 unspecified atom stereocenters. The quantitative estimate of drug-likeness (QED) is 0.594. The molecule has 0 saturated heterocycles. The van der Waals surface area contributed by atoms with Crippen LogP contribution in [-0.2, 0) is 0 Å². The van der Waals surface area contributed by atoms with Gasteiger partial charge in [-0.05, 0) is 25.2 Å². The van der Waals surface area contributed by atoms with Gasteiger partial charge in [-0.25, -0.2) is 0 Å². The van der Waals surface area contributed by atoms with Crippen LogP contribution in [0.1, 0.15) is 33.6 Å². The summed E-state index contributed by atoms with van der Waals surface area (Å²) in [7, 11) is 0. The van der Waals surface area contributed by atoms with Gasteiger partial charge in [-0.1, -0.05) is 38.2 Å². The van der Waals surface area contributed by atoms with E-state index in [1.165, 1.54) is 0 Å². The molecular weight excluding hydrogens is 148 g/mol. The van der Waals surface area contributed by atoms with Gasteiger partial charge in [-0.15, -0.1) is 0 Å². The molecule has 0 fully saturated rings. The first-order chi connectivity index (χ1) is 5.47. The fourth-order valence-electron chi connectivity index (χ4n) is 1.49. The fraction of sp³-hybridized carbons (Fsp3) is 0.636. The van der Waals surface area contributed by atoms with Gasteiger partial charge in [0.2, 0.25) is 0 Å². The minimum atomic E-state index is -0.676. The lowest BCUT2D eigenvalue weighted by molar-refractivity contribution is 0.107. The zero-order chi connectivity index (χ0) is 9.24. The molecule has 1 rings (SSSR count). The van der Waals surface area contributed by atoms with Crippen LogP contribution in [0.25, 0.3) is 0 Å². The second kappa shape index (κ2) is 3.06. The summed E-state index contributed by atoms with van der Waals surface area (Å²) in [6.07, 6.45) is 9.67. The van der Waals surface area contributed by atoms with E-state index in [2.05, 4.69) is 19.9 Å². The van der Waals surface area contributed by atoms with Crippen LogP contribution in [0.4, 0.5) is 0 Å². The van der Waals surface area contributed by atoms with Crippen LogP contribution < -0.4 is 0 Å². The van der Waals surface area contributed by atoms with E-state index in [-0.39, 0.29) is 5.41 Å². The number of allylic oxidation sites excluding steroid dienone is 2. The molecule has 1 atom stereocenters. The summed E-state index contributed by atoms with van der Waals surface area (Å²) in [4.78, 5) is 0. The van der Waals surface area contributed by atoms with Crippen molar-refractivity contribution in [2.75, 3.05) is 0 Å². The van der Waals surface area contributed by atoms with E-state index in [1.807, 2.05) is 25.2 Å². The number of rotatable bonds is 1. The van der Waals surface area contributed by atoms with Gasteiger partial charge >= 0.3 is 0 Å². The van der Waals surface area contributed by atoms with E-state index in [0.29, 0.717) is 0 Å². The second-order valence-corrected chi connectivity index (χ2v) is 4.31. The summed E-state index contributed by atoms with van der Waals surface area (Å²) in [5, 5.41) is 9.93. The van der Waals surface area contributed by atoms with Crippen molar-refractivity contribution in [2.45, 2.75) is 39.2 Å². The predicted octanol–water partition coefficient (Wildman–Crippen LogP) is 2.67. The minimum Gasteiger partial charge on any atom is -0.382 e. The molecule has 1 N–H and O–H groups in total. The molecule has 1 nitrogen and oxygen atoms in total. The van der Waals surface area contributed by atoms with Crippen LogP contribution in [0.2, 0.25) is 0 Å². The zero-order valence-corrected chi connectivity index (χ0v) is 8.17. The lowest BCUT2D eigenvalue weighted by atomic mass is 9.77. The topological polar surface area (TPSA) is 20.2 Å². The van der Waals surface area contributed by atoms with Crippen molar-refractivity contribution in [3.63, 3.8) is 0 Å². The monoisotopic (exact) mass is 166 g/mol. The van der Waals surface area contributed by atoms with Gasteiger partial charge in [0.15, 0.2) is 0 Å². The highest BCUT2D eigenvalue weighted by atomic mass is 16.3. The lowest BCUT2D eigenvalue weighted by Gasteiger charge is -2.32. The van der Waals surface area contributed by atoms with Crippen LogP contribution in [0.5, 0.6) is 0 Å². The molecule has 0 aromatic carbocycles. The normalized spacial score (nSPS) is 34.3. The Morgan fingerprint density at radius 2 is 1.92 bits per heavy atom. The van der Waals surface area contributed by atoms with E-state index < -0.39 is 5.60 Å². The van der Waals surface area contributed by atoms with Crippen molar-refractivity contribution < 1.29 is 5.11 Å². The van der Waals surface area contributed by atoms with Gasteiger partial charge in [0.05, 0.1) is 0 Å². The predicted molar refractivity (Wildman–Crippen MR) is 51.9 cm³/mol. The van der Waals surface area contributed by atoms with Crippen molar-refractivity contribution in [1.82, 2.24) is 0 Å². The molecule has 0 heterocycles. The van der Waals surface area contributed by atoms with E-state index in [9.17, 15) is 5.11 Å². The van der Waals surface area contributed by atoms with E-state index in [1.54, 1.807) is 0 Å². The van der Waals surface area contributed by atoms with Gasteiger partial charge in [0.25, 0.3) is 0 Å². The van der Waals surface area contributed by atoms with Gasteiger partial charge in [0, 0.05) is 0 Å². The first-order valence-electron chi connectivity index (χ1n) is 4.54. The van der Waals surface area contributed by atoms with Gasteiger partial charge in [0.1, 0.15) is 5.60 Å². The highest BCUT2D eigenvalue weighted by Gasteiger charge is 2.29. The highest BCUT2D eigenvalue weighted by Crippen LogP contribution is 2.34. The van der Waals surface area contributed by atoms with Crippen LogP contribution in [0.3, 0.4) is 0 Å². The molecule has 1 aliphatic carbocycles. The molecule has 1 heteroatoms. The Morgan fingerprint density at radius 1 is 1.25 bits per heavy atom. The molecule has 0 radical (unpaired) electrons. The summed E-state index contributed by atoms with van der Waals surface area (Å²) >= 11 is 0. The Kier molecular flexibility index (Phi) is 2.43. The number of hydrogen-bond acceptors (Lipinski definition) is 1. The largest absolute Gasteiger partial charge is 0.382 e. The van der Waals surface area contributed by atoms with Gasteiger partial charge in [-0.2, -0.15) is 0 Å². The van der Waals surface area contributed by atoms with Crippen molar-refractivity contribution in [3.05, 3.63) is 24.3 Å². The standard InChI is InChI=1S/C11H18O/c1-4-5-11(12)8-6-10(2,3)7-9-11/h4-6,8,12H,7,9H2,1-3H3/b5-4+. The SMILES string of the molecule is C/C=C/C1(O)C=CC(C)(C)CC1. The molecule has 0 saturated carbocycles. The molecule has 1 aliphatic rings. The molecular formula is C11H18O. The smallest absolute Gasteiger partial charge is 0.101 e. The third-order valence-corrected chi connectivity index (χ3v) is 2.45. The molecule has 0 aliphatic heterocycles. The Labute approximate surface area is 74.8 Å². The Balaban J connectivity index is 2.76. The van der Waals surface area contributed by atoms with Crippen molar-refractivity contribution in [3.8, 4) is 0 Å². The lowest BCUT2D eigenvalue weighted by Crippen LogP contribution is -2.29. The molecule has 0 aromatic rings. The van der Waals surface area contributed by atoms with Crippen LogP contribution >= 0.6 is 0 Å². The molecule has 0 spiro atoms. The summed E-state index contributed by atoms with van der Waals surface area (Å²) in [6.45, 7) is 6.32. The average Bonchev–Trinajstić information content (AvgIpc) is 1.98. The zero-order valence-electron chi connectivity index (χ0n) is 8.17. The highest BCUT2D eigenvalue weighted by molar-refractivity contribution is 5.18. The summed E-state index contributed by atoms with van der Waals surface area (Å²) in [6, 6.07) is 0. The molecule has 0 bridgehead atoms. The van der Waals surface area contributed by atoms with Crippen molar-refractivity contribution >= 4 is 0 Å². The van der Waals surface area contributed by atoms with Crippen molar-refractivity contribution in [2.24, 2.45) is 5.41 Å². The van der Waals surface area contributed by atoms with Crippen molar-refractivity contribution in [1.29, 1.82) is 0 Å². The Morgan fingerprint density at radius 3 is 2.33 bits per heavy atom. The van der Waals surface area contributed by atoms with Gasteiger partial charge < -0.3 is 5.11 Å². The van der Waals surface area contributed by atoms with Crippen LogP contribution in [0.15, 0.2) is 24.3 Å². The van der Waals surface area contributed by atoms with Crippen LogP contribution in [0, 0.1) is 5.41 Å². The maximum Gasteiger partial charge on any atom is 0.101 e. The summed E-state index contributed by atoms with van der Waals surface area (Å²) in [5.41, 5.74) is -0.419. The molecule has 0 amide bonds. The Bertz CT molecular complexity index is 213. The van der Waals surface area contributed by atoms with E-state index in [4.69, 9.17) is 0 Å².